The van der Waals surface area contributed by atoms with Crippen molar-refractivity contribution in [1.82, 2.24) is 5.32 Å². The Labute approximate surface area is 312 Å². The minimum absolute atomic E-state index is 0.0864. The van der Waals surface area contributed by atoms with Gasteiger partial charge in [0.05, 0.1) is 38.1 Å². The van der Waals surface area contributed by atoms with Crippen molar-refractivity contribution in [3.8, 4) is 0 Å². The third kappa shape index (κ3) is 10.7. The zero-order valence-electron chi connectivity index (χ0n) is 33.2. The molecule has 304 valence electrons. The quantitative estimate of drug-likeness (QED) is 0.193. The molecule has 0 spiro atoms. The molecule has 5 unspecified atom stereocenters. The molecular formula is C37H61NO15. The normalized spacial score (nSPS) is 38.5. The second-order valence-electron chi connectivity index (χ2n) is 14.8. The van der Waals surface area contributed by atoms with Crippen LogP contribution in [0.3, 0.4) is 0 Å². The van der Waals surface area contributed by atoms with Crippen molar-refractivity contribution < 1.29 is 71.7 Å². The van der Waals surface area contributed by atoms with Crippen LogP contribution in [0.4, 0.5) is 0 Å². The molecule has 0 saturated carbocycles. The maximum Gasteiger partial charge on any atom is 0.366 e. The number of methoxy groups -OCH3 is 1. The lowest BCUT2D eigenvalue weighted by molar-refractivity contribution is -0.345. The highest BCUT2D eigenvalue weighted by molar-refractivity contribution is 5.78. The van der Waals surface area contributed by atoms with Gasteiger partial charge >= 0.3 is 23.9 Å². The average molecular weight is 760 g/mol. The van der Waals surface area contributed by atoms with E-state index in [1.54, 1.807) is 6.92 Å². The minimum Gasteiger partial charge on any atom is -0.465 e. The number of nitrogens with one attached hydrogen (secondary N) is 1. The molecule has 3 saturated heterocycles. The van der Waals surface area contributed by atoms with Gasteiger partial charge in [-0.1, -0.05) is 48.5 Å². The molecule has 53 heavy (non-hydrogen) atoms. The van der Waals surface area contributed by atoms with Gasteiger partial charge in [0.15, 0.2) is 24.8 Å². The number of aliphatic hydroxyl groups excluding tert-OH is 1. The van der Waals surface area contributed by atoms with Crippen LogP contribution < -0.4 is 5.32 Å². The van der Waals surface area contributed by atoms with Crippen LogP contribution in [0.2, 0.25) is 0 Å². The zero-order valence-corrected chi connectivity index (χ0v) is 33.2. The molecular weight excluding hydrogens is 698 g/mol. The maximum absolute atomic E-state index is 13.7. The van der Waals surface area contributed by atoms with Crippen LogP contribution in [0, 0.1) is 29.6 Å². The van der Waals surface area contributed by atoms with Crippen LogP contribution in [0.1, 0.15) is 95.4 Å². The van der Waals surface area contributed by atoms with Crippen LogP contribution in [0.15, 0.2) is 0 Å². The van der Waals surface area contributed by atoms with Crippen molar-refractivity contribution in [2.24, 2.45) is 29.6 Å². The van der Waals surface area contributed by atoms with Crippen molar-refractivity contribution in [1.29, 1.82) is 0 Å². The predicted molar refractivity (Wildman–Crippen MR) is 185 cm³/mol. The molecule has 2 N–H and O–H groups in total. The second kappa shape index (κ2) is 19.1. The summed E-state index contributed by atoms with van der Waals surface area (Å²) in [5, 5.41) is 13.4. The van der Waals surface area contributed by atoms with E-state index in [1.165, 1.54) is 34.8 Å². The standard InChI is InChI=1S/C37H61NO15/c1-13-26-30(21(7)29(34(43)50-26)38-22(8)39)52-35-32(48-24(10)41)20(6)19(5)28(51-35)16-46-37(36(44)45-12)15-17(3)18(4)31(53-37)33(49-25(11)42)27(14-2)47-23(9)40/h17-21,26-35,43H,13-16H2,1-12H3,(H,38,39)/t17-,18-,19-,20+,21-,26?,27-,28?,29?,30+,31?,32?,33-,34-,35+,37-/m1/s1. The predicted octanol–water partition coefficient (Wildman–Crippen LogP) is 2.79. The van der Waals surface area contributed by atoms with Crippen LogP contribution in [-0.4, -0.2) is 116 Å². The molecule has 3 fully saturated rings. The summed E-state index contributed by atoms with van der Waals surface area (Å²) >= 11 is 0. The summed E-state index contributed by atoms with van der Waals surface area (Å²) in [5.74, 6) is -6.43. The van der Waals surface area contributed by atoms with Crippen molar-refractivity contribution >= 4 is 29.8 Å². The highest BCUT2D eigenvalue weighted by Gasteiger charge is 2.56. The Hall–Kier alpha value is -2.89. The summed E-state index contributed by atoms with van der Waals surface area (Å²) in [5.41, 5.74) is 0. The lowest BCUT2D eigenvalue weighted by atomic mass is 9.78. The molecule has 16 atom stereocenters. The molecule has 0 aromatic carbocycles. The van der Waals surface area contributed by atoms with E-state index >= 15 is 0 Å². The first-order valence-corrected chi connectivity index (χ1v) is 18.6. The summed E-state index contributed by atoms with van der Waals surface area (Å²) < 4.78 is 54.1. The molecule has 3 aliphatic rings. The summed E-state index contributed by atoms with van der Waals surface area (Å²) in [6.07, 6.45) is -7.28. The molecule has 16 heteroatoms. The lowest BCUT2D eigenvalue weighted by Crippen LogP contribution is -2.63. The average Bonchev–Trinajstić information content (AvgIpc) is 3.08. The van der Waals surface area contributed by atoms with Gasteiger partial charge in [0, 0.05) is 46.0 Å². The van der Waals surface area contributed by atoms with Crippen LogP contribution in [-0.2, 0) is 66.6 Å². The fourth-order valence-corrected chi connectivity index (χ4v) is 7.66. The maximum atomic E-state index is 13.7. The van der Waals surface area contributed by atoms with E-state index in [2.05, 4.69) is 5.32 Å². The number of carbonyl (C=O) groups is 5. The number of hydrogen-bond donors (Lipinski definition) is 2. The summed E-state index contributed by atoms with van der Waals surface area (Å²) in [4.78, 5) is 62.3. The van der Waals surface area contributed by atoms with Crippen molar-refractivity contribution in [2.75, 3.05) is 13.7 Å². The van der Waals surface area contributed by atoms with Crippen LogP contribution >= 0.6 is 0 Å². The van der Waals surface area contributed by atoms with Gasteiger partial charge in [-0.05, 0) is 30.6 Å². The molecule has 3 heterocycles. The van der Waals surface area contributed by atoms with Gasteiger partial charge in [0.1, 0.15) is 12.2 Å². The summed E-state index contributed by atoms with van der Waals surface area (Å²) in [7, 11) is 1.21. The number of rotatable bonds is 14. The van der Waals surface area contributed by atoms with E-state index in [9.17, 15) is 29.1 Å². The number of aliphatic hydroxyl groups is 1. The fraction of sp³-hybridized carbons (Fsp3) is 0.865. The first-order chi connectivity index (χ1) is 24.8. The number of amides is 1. The highest BCUT2D eigenvalue weighted by Crippen LogP contribution is 2.43. The van der Waals surface area contributed by atoms with E-state index in [0.717, 1.165) is 0 Å². The van der Waals surface area contributed by atoms with E-state index in [-0.39, 0.29) is 42.6 Å². The molecule has 0 aliphatic carbocycles. The lowest BCUT2D eigenvalue weighted by Gasteiger charge is -2.50. The Balaban J connectivity index is 1.96. The number of carbonyl (C=O) groups excluding carboxylic acids is 5. The third-order valence-corrected chi connectivity index (χ3v) is 11.0. The third-order valence-electron chi connectivity index (χ3n) is 11.0. The Bertz CT molecular complexity index is 1280. The largest absolute Gasteiger partial charge is 0.465 e. The smallest absolute Gasteiger partial charge is 0.366 e. The Morgan fingerprint density at radius 3 is 2.00 bits per heavy atom. The molecule has 0 radical (unpaired) electrons. The Morgan fingerprint density at radius 2 is 1.47 bits per heavy atom. The van der Waals surface area contributed by atoms with Gasteiger partial charge in [0.2, 0.25) is 5.91 Å². The van der Waals surface area contributed by atoms with E-state index in [0.29, 0.717) is 12.8 Å². The van der Waals surface area contributed by atoms with Crippen molar-refractivity contribution in [3.05, 3.63) is 0 Å². The van der Waals surface area contributed by atoms with E-state index in [1.807, 2.05) is 41.5 Å². The van der Waals surface area contributed by atoms with Gasteiger partial charge in [-0.2, -0.15) is 0 Å². The first-order valence-electron chi connectivity index (χ1n) is 18.6. The summed E-state index contributed by atoms with van der Waals surface area (Å²) in [6, 6.07) is -0.781. The van der Waals surface area contributed by atoms with Crippen LogP contribution in [0.25, 0.3) is 0 Å². The topological polar surface area (TPSA) is 201 Å². The van der Waals surface area contributed by atoms with Gasteiger partial charge in [-0.25, -0.2) is 4.79 Å². The van der Waals surface area contributed by atoms with Crippen molar-refractivity contribution in [3.63, 3.8) is 0 Å². The van der Waals surface area contributed by atoms with Gasteiger partial charge in [-0.3, -0.25) is 19.2 Å². The van der Waals surface area contributed by atoms with Crippen molar-refractivity contribution in [2.45, 2.75) is 163 Å². The van der Waals surface area contributed by atoms with Crippen LogP contribution in [0.5, 0.6) is 0 Å². The fourth-order valence-electron chi connectivity index (χ4n) is 7.66. The van der Waals surface area contributed by atoms with E-state index < -0.39 is 96.9 Å². The molecule has 0 aromatic rings. The van der Waals surface area contributed by atoms with Gasteiger partial charge < -0.3 is 53.1 Å². The Morgan fingerprint density at radius 1 is 0.830 bits per heavy atom. The molecule has 3 aliphatic heterocycles. The minimum atomic E-state index is -1.96. The Kier molecular flexibility index (Phi) is 16.1. The number of ether oxygens (including phenoxy) is 9. The highest BCUT2D eigenvalue weighted by atomic mass is 16.8. The molecule has 0 bridgehead atoms. The zero-order chi connectivity index (χ0) is 39.9. The van der Waals surface area contributed by atoms with E-state index in [4.69, 9.17) is 42.6 Å². The van der Waals surface area contributed by atoms with Gasteiger partial charge in [0.25, 0.3) is 5.79 Å². The molecule has 3 rings (SSSR count). The monoisotopic (exact) mass is 759 g/mol. The molecule has 0 aromatic heterocycles. The molecule has 1 amide bonds. The number of esters is 4. The SMILES string of the molecule is CCC1O[C@@H](O)C(NC(C)=O)[C@@H](C)[C@@H]1O[C@@H]1OC(CO[C@]2(C(=O)OC)C[C@@H](C)[C@@H](C)C([C@H](OC(C)=O)[C@@H](CC)OC(C)=O)O2)[C@H](C)[C@H](C)C1OC(C)=O. The number of hydrogen-bond acceptors (Lipinski definition) is 15. The second-order valence-corrected chi connectivity index (χ2v) is 14.8. The summed E-state index contributed by atoms with van der Waals surface area (Å²) in [6.45, 7) is 18.0. The first kappa shape index (κ1) is 44.5. The molecule has 16 nitrogen and oxygen atoms in total. The van der Waals surface area contributed by atoms with Gasteiger partial charge in [-0.15, -0.1) is 0 Å².